The molecule has 116 valence electrons. The number of hydrogen-bond acceptors (Lipinski definition) is 3. The molecule has 0 aliphatic heterocycles. The molecule has 1 fully saturated rings. The molecule has 2 N–H and O–H groups in total. The van der Waals surface area contributed by atoms with E-state index in [9.17, 15) is 4.79 Å². The van der Waals surface area contributed by atoms with Gasteiger partial charge in [-0.1, -0.05) is 26.2 Å². The number of pyridine rings is 1. The van der Waals surface area contributed by atoms with Gasteiger partial charge in [-0.05, 0) is 43.7 Å². The van der Waals surface area contributed by atoms with Gasteiger partial charge in [0.25, 0.3) is 5.91 Å². The Balaban J connectivity index is 1.80. The van der Waals surface area contributed by atoms with E-state index in [0.717, 1.165) is 24.8 Å². The van der Waals surface area contributed by atoms with Gasteiger partial charge in [-0.2, -0.15) is 0 Å². The second kappa shape index (κ2) is 8.01. The van der Waals surface area contributed by atoms with Gasteiger partial charge in [0, 0.05) is 24.8 Å². The molecule has 0 unspecified atom stereocenters. The van der Waals surface area contributed by atoms with Gasteiger partial charge in [-0.25, -0.2) is 4.98 Å². The summed E-state index contributed by atoms with van der Waals surface area (Å²) in [5.41, 5.74) is 0.684. The largest absolute Gasteiger partial charge is 0.370 e. The topological polar surface area (TPSA) is 54.0 Å². The first kappa shape index (κ1) is 15.8. The number of carbonyl (C=O) groups is 1. The van der Waals surface area contributed by atoms with Crippen LogP contribution in [0.2, 0.25) is 0 Å². The van der Waals surface area contributed by atoms with Crippen molar-refractivity contribution >= 4 is 11.7 Å². The first-order valence-electron chi connectivity index (χ1n) is 8.21. The summed E-state index contributed by atoms with van der Waals surface area (Å²) in [7, 11) is 0. The molecule has 4 nitrogen and oxygen atoms in total. The summed E-state index contributed by atoms with van der Waals surface area (Å²) in [6, 6.07) is 3.58. The Hall–Kier alpha value is -1.58. The Morgan fingerprint density at radius 1 is 1.24 bits per heavy atom. The molecule has 1 heterocycles. The van der Waals surface area contributed by atoms with E-state index in [2.05, 4.69) is 22.5 Å². The van der Waals surface area contributed by atoms with Gasteiger partial charge in [0.1, 0.15) is 5.82 Å². The molecule has 0 atom stereocenters. The van der Waals surface area contributed by atoms with E-state index in [4.69, 9.17) is 0 Å². The van der Waals surface area contributed by atoms with Crippen LogP contribution in [-0.4, -0.2) is 24.0 Å². The third-order valence-electron chi connectivity index (χ3n) is 4.47. The summed E-state index contributed by atoms with van der Waals surface area (Å²) in [5.74, 6) is 2.31. The molecular weight excluding hydrogens is 262 g/mol. The highest BCUT2D eigenvalue weighted by Gasteiger charge is 2.20. The van der Waals surface area contributed by atoms with E-state index < -0.39 is 0 Å². The Morgan fingerprint density at radius 3 is 2.62 bits per heavy atom. The standard InChI is InChI=1S/C17H27N3O/c1-3-13-5-7-14(8-6-13)12-20-17(21)15-9-10-19-16(11-15)18-4-2/h9-11,13-14H,3-8,12H2,1-2H3,(H,18,19)(H,20,21). The van der Waals surface area contributed by atoms with Crippen molar-refractivity contribution in [3.63, 3.8) is 0 Å². The number of nitrogens with one attached hydrogen (secondary N) is 2. The smallest absolute Gasteiger partial charge is 0.251 e. The molecule has 0 radical (unpaired) electrons. The van der Waals surface area contributed by atoms with E-state index in [1.165, 1.54) is 32.1 Å². The monoisotopic (exact) mass is 289 g/mol. The predicted octanol–water partition coefficient (Wildman–Crippen LogP) is 3.46. The number of anilines is 1. The number of rotatable bonds is 6. The molecule has 21 heavy (non-hydrogen) atoms. The predicted molar refractivity (Wildman–Crippen MR) is 86.5 cm³/mol. The van der Waals surface area contributed by atoms with Crippen LogP contribution < -0.4 is 10.6 Å². The molecule has 0 aromatic carbocycles. The first-order valence-corrected chi connectivity index (χ1v) is 8.21. The fourth-order valence-electron chi connectivity index (χ4n) is 3.03. The zero-order valence-electron chi connectivity index (χ0n) is 13.2. The van der Waals surface area contributed by atoms with E-state index >= 15 is 0 Å². The first-order chi connectivity index (χ1) is 10.2. The van der Waals surface area contributed by atoms with Gasteiger partial charge in [0.15, 0.2) is 0 Å². The maximum atomic E-state index is 12.2. The van der Waals surface area contributed by atoms with Gasteiger partial charge in [-0.15, -0.1) is 0 Å². The van der Waals surface area contributed by atoms with Crippen LogP contribution in [0.25, 0.3) is 0 Å². The Morgan fingerprint density at radius 2 is 1.95 bits per heavy atom. The Kier molecular flexibility index (Phi) is 6.03. The quantitative estimate of drug-likeness (QED) is 0.843. The Labute approximate surface area is 127 Å². The van der Waals surface area contributed by atoms with Gasteiger partial charge >= 0.3 is 0 Å². The molecule has 1 aliphatic carbocycles. The van der Waals surface area contributed by atoms with Crippen molar-refractivity contribution in [2.45, 2.75) is 46.0 Å². The van der Waals surface area contributed by atoms with Crippen molar-refractivity contribution in [1.82, 2.24) is 10.3 Å². The number of hydrogen-bond donors (Lipinski definition) is 2. The fraction of sp³-hybridized carbons (Fsp3) is 0.647. The minimum Gasteiger partial charge on any atom is -0.370 e. The second-order valence-electron chi connectivity index (χ2n) is 5.97. The van der Waals surface area contributed by atoms with Gasteiger partial charge in [0.05, 0.1) is 0 Å². The van der Waals surface area contributed by atoms with Crippen LogP contribution in [0, 0.1) is 11.8 Å². The van der Waals surface area contributed by atoms with Crippen molar-refractivity contribution < 1.29 is 4.79 Å². The highest BCUT2D eigenvalue weighted by atomic mass is 16.1. The molecule has 1 aromatic rings. The third kappa shape index (κ3) is 4.73. The zero-order valence-corrected chi connectivity index (χ0v) is 13.2. The fourth-order valence-corrected chi connectivity index (χ4v) is 3.03. The summed E-state index contributed by atoms with van der Waals surface area (Å²) in [6.45, 7) is 5.89. The highest BCUT2D eigenvalue weighted by molar-refractivity contribution is 5.94. The minimum absolute atomic E-state index is 0.00849. The van der Waals surface area contributed by atoms with Crippen molar-refractivity contribution in [2.75, 3.05) is 18.4 Å². The van der Waals surface area contributed by atoms with Gasteiger partial charge in [-0.3, -0.25) is 4.79 Å². The van der Waals surface area contributed by atoms with Crippen molar-refractivity contribution in [3.8, 4) is 0 Å². The molecular formula is C17H27N3O. The Bertz CT molecular complexity index is 453. The molecule has 1 amide bonds. The summed E-state index contributed by atoms with van der Waals surface area (Å²) < 4.78 is 0. The second-order valence-corrected chi connectivity index (χ2v) is 5.97. The normalized spacial score (nSPS) is 21.8. The van der Waals surface area contributed by atoms with Crippen LogP contribution >= 0.6 is 0 Å². The molecule has 0 saturated heterocycles. The minimum atomic E-state index is 0.00849. The number of carbonyl (C=O) groups excluding carboxylic acids is 1. The van der Waals surface area contributed by atoms with E-state index in [1.807, 2.05) is 13.0 Å². The molecule has 0 spiro atoms. The van der Waals surface area contributed by atoms with Gasteiger partial charge in [0.2, 0.25) is 0 Å². The number of nitrogens with zero attached hydrogens (tertiary/aromatic N) is 1. The molecule has 0 bridgehead atoms. The lowest BCUT2D eigenvalue weighted by Gasteiger charge is -2.27. The molecule has 2 rings (SSSR count). The summed E-state index contributed by atoms with van der Waals surface area (Å²) >= 11 is 0. The summed E-state index contributed by atoms with van der Waals surface area (Å²) in [4.78, 5) is 16.4. The number of amides is 1. The van der Waals surface area contributed by atoms with Crippen LogP contribution in [0.3, 0.4) is 0 Å². The van der Waals surface area contributed by atoms with Crippen LogP contribution in [0.15, 0.2) is 18.3 Å². The molecule has 1 aromatic heterocycles. The van der Waals surface area contributed by atoms with Crippen LogP contribution in [-0.2, 0) is 0 Å². The molecule has 1 aliphatic rings. The third-order valence-corrected chi connectivity index (χ3v) is 4.47. The van der Waals surface area contributed by atoms with Gasteiger partial charge < -0.3 is 10.6 Å². The maximum absolute atomic E-state index is 12.2. The summed E-state index contributed by atoms with van der Waals surface area (Å²) in [5, 5.41) is 6.20. The molecule has 4 heteroatoms. The van der Waals surface area contributed by atoms with Crippen molar-refractivity contribution in [3.05, 3.63) is 23.9 Å². The SMILES string of the molecule is CCNc1cc(C(=O)NCC2CCC(CC)CC2)ccn1. The lowest BCUT2D eigenvalue weighted by atomic mass is 9.81. The van der Waals surface area contributed by atoms with E-state index in [1.54, 1.807) is 12.3 Å². The summed E-state index contributed by atoms with van der Waals surface area (Å²) in [6.07, 6.45) is 8.10. The zero-order chi connectivity index (χ0) is 15.1. The van der Waals surface area contributed by atoms with Crippen LogP contribution in [0.1, 0.15) is 56.3 Å². The van der Waals surface area contributed by atoms with E-state index in [0.29, 0.717) is 11.5 Å². The molecule has 1 saturated carbocycles. The highest BCUT2D eigenvalue weighted by Crippen LogP contribution is 2.30. The van der Waals surface area contributed by atoms with Crippen LogP contribution in [0.5, 0.6) is 0 Å². The van der Waals surface area contributed by atoms with Crippen molar-refractivity contribution in [1.29, 1.82) is 0 Å². The average molecular weight is 289 g/mol. The van der Waals surface area contributed by atoms with Crippen LogP contribution in [0.4, 0.5) is 5.82 Å². The van der Waals surface area contributed by atoms with E-state index in [-0.39, 0.29) is 5.91 Å². The average Bonchev–Trinajstić information content (AvgIpc) is 2.53. The lowest BCUT2D eigenvalue weighted by molar-refractivity contribution is 0.0941. The van der Waals surface area contributed by atoms with Crippen molar-refractivity contribution in [2.24, 2.45) is 11.8 Å². The number of aromatic nitrogens is 1. The maximum Gasteiger partial charge on any atom is 0.251 e. The lowest BCUT2D eigenvalue weighted by Crippen LogP contribution is -2.31.